The second kappa shape index (κ2) is 8.00. The highest BCUT2D eigenvalue weighted by atomic mass is 16.3. The van der Waals surface area contributed by atoms with Crippen LogP contribution in [-0.2, 0) is 16.1 Å². The summed E-state index contributed by atoms with van der Waals surface area (Å²) in [4.78, 5) is 26.9. The van der Waals surface area contributed by atoms with E-state index in [0.717, 1.165) is 11.4 Å². The number of hydrogen-bond acceptors (Lipinski definition) is 4. The lowest BCUT2D eigenvalue weighted by Gasteiger charge is -2.26. The van der Waals surface area contributed by atoms with Crippen molar-refractivity contribution in [1.29, 1.82) is 0 Å². The number of nitrogens with one attached hydrogen (secondary N) is 1. The van der Waals surface area contributed by atoms with Crippen LogP contribution in [0.3, 0.4) is 0 Å². The first-order chi connectivity index (χ1) is 13.7. The highest BCUT2D eigenvalue weighted by Gasteiger charge is 2.35. The zero-order valence-electron chi connectivity index (χ0n) is 15.3. The monoisotopic (exact) mass is 375 g/mol. The second-order valence-corrected chi connectivity index (χ2v) is 6.74. The van der Waals surface area contributed by atoms with E-state index in [1.807, 2.05) is 66.7 Å². The van der Waals surface area contributed by atoms with Crippen LogP contribution < -0.4 is 10.4 Å². The lowest BCUT2D eigenvalue weighted by Crippen LogP contribution is -2.43. The molecule has 0 saturated carbocycles. The van der Waals surface area contributed by atoms with Crippen molar-refractivity contribution in [3.8, 4) is 0 Å². The molecule has 6 heteroatoms. The van der Waals surface area contributed by atoms with Crippen molar-refractivity contribution in [2.75, 3.05) is 11.6 Å². The van der Waals surface area contributed by atoms with Gasteiger partial charge in [-0.1, -0.05) is 36.4 Å². The fraction of sp³-hybridized carbons (Fsp3) is 0.182. The standard InChI is InChI=1S/C22H21N3O3/c26-21-14-17(15-24(21)16-20-12-7-13-28-20)22(27)23-25(18-8-3-1-4-9-18)19-10-5-2-6-11-19/h1-13,17H,14-16H2,(H,23,27). The molecular weight excluding hydrogens is 354 g/mol. The Morgan fingerprint density at radius 1 is 1.00 bits per heavy atom. The molecule has 28 heavy (non-hydrogen) atoms. The third kappa shape index (κ3) is 3.91. The molecule has 0 aliphatic carbocycles. The average molecular weight is 375 g/mol. The van der Waals surface area contributed by atoms with E-state index in [4.69, 9.17) is 4.42 Å². The molecule has 0 bridgehead atoms. The van der Waals surface area contributed by atoms with Gasteiger partial charge in [0.05, 0.1) is 30.1 Å². The van der Waals surface area contributed by atoms with Crippen LogP contribution in [0.4, 0.5) is 11.4 Å². The van der Waals surface area contributed by atoms with Crippen LogP contribution in [0, 0.1) is 5.92 Å². The Kier molecular flexibility index (Phi) is 5.10. The maximum absolute atomic E-state index is 12.9. The van der Waals surface area contributed by atoms with Crippen molar-refractivity contribution in [3.05, 3.63) is 84.8 Å². The summed E-state index contributed by atoms with van der Waals surface area (Å²) in [6.45, 7) is 0.763. The Morgan fingerprint density at radius 3 is 2.21 bits per heavy atom. The number of rotatable bonds is 6. The normalized spacial score (nSPS) is 16.2. The molecule has 2 aromatic carbocycles. The SMILES string of the molecule is O=C(NN(c1ccccc1)c1ccccc1)C1CC(=O)N(Cc2ccco2)C1. The average Bonchev–Trinajstić information content (AvgIpc) is 3.38. The molecule has 0 spiro atoms. The van der Waals surface area contributed by atoms with E-state index in [2.05, 4.69) is 5.43 Å². The van der Waals surface area contributed by atoms with Crippen molar-refractivity contribution >= 4 is 23.2 Å². The first-order valence-electron chi connectivity index (χ1n) is 9.21. The molecule has 1 aliphatic heterocycles. The van der Waals surface area contributed by atoms with E-state index in [1.165, 1.54) is 0 Å². The molecule has 1 unspecified atom stereocenters. The number of nitrogens with zero attached hydrogens (tertiary/aromatic N) is 2. The third-order valence-corrected chi connectivity index (χ3v) is 4.76. The van der Waals surface area contributed by atoms with Crippen LogP contribution in [0.15, 0.2) is 83.5 Å². The predicted octanol–water partition coefficient (Wildman–Crippen LogP) is 3.50. The van der Waals surface area contributed by atoms with Gasteiger partial charge in [-0.05, 0) is 36.4 Å². The van der Waals surface area contributed by atoms with E-state index in [-0.39, 0.29) is 18.2 Å². The molecule has 0 radical (unpaired) electrons. The lowest BCUT2D eigenvalue weighted by atomic mass is 10.1. The molecule has 1 aliphatic rings. The van der Waals surface area contributed by atoms with E-state index < -0.39 is 5.92 Å². The first-order valence-corrected chi connectivity index (χ1v) is 9.21. The van der Waals surface area contributed by atoms with E-state index in [9.17, 15) is 9.59 Å². The van der Waals surface area contributed by atoms with Gasteiger partial charge >= 0.3 is 0 Å². The van der Waals surface area contributed by atoms with Gasteiger partial charge in [-0.25, -0.2) is 0 Å². The molecular formula is C22H21N3O3. The number of benzene rings is 2. The second-order valence-electron chi connectivity index (χ2n) is 6.74. The van der Waals surface area contributed by atoms with E-state index in [1.54, 1.807) is 22.2 Å². The quantitative estimate of drug-likeness (QED) is 0.670. The Hall–Kier alpha value is -3.54. The Morgan fingerprint density at radius 2 is 1.64 bits per heavy atom. The topological polar surface area (TPSA) is 65.8 Å². The molecule has 3 aromatic rings. The first kappa shape index (κ1) is 17.9. The summed E-state index contributed by atoms with van der Waals surface area (Å²) < 4.78 is 5.32. The molecule has 1 atom stereocenters. The zero-order chi connectivity index (χ0) is 19.3. The lowest BCUT2D eigenvalue weighted by molar-refractivity contribution is -0.129. The van der Waals surface area contributed by atoms with Crippen LogP contribution in [0.5, 0.6) is 0 Å². The minimum Gasteiger partial charge on any atom is -0.467 e. The van der Waals surface area contributed by atoms with Crippen LogP contribution >= 0.6 is 0 Å². The van der Waals surface area contributed by atoms with Gasteiger partial charge in [0, 0.05) is 13.0 Å². The summed E-state index contributed by atoms with van der Waals surface area (Å²) in [6.07, 6.45) is 1.78. The highest BCUT2D eigenvalue weighted by Crippen LogP contribution is 2.25. The maximum atomic E-state index is 12.9. The summed E-state index contributed by atoms with van der Waals surface area (Å²) in [5.41, 5.74) is 4.68. The number of amides is 2. The Bertz CT molecular complexity index is 887. The molecule has 4 rings (SSSR count). The summed E-state index contributed by atoms with van der Waals surface area (Å²) >= 11 is 0. The fourth-order valence-corrected chi connectivity index (χ4v) is 3.33. The number of furan rings is 1. The van der Waals surface area contributed by atoms with E-state index in [0.29, 0.717) is 18.8 Å². The smallest absolute Gasteiger partial charge is 0.244 e. The molecule has 2 amide bonds. The van der Waals surface area contributed by atoms with Gasteiger partial charge in [0.2, 0.25) is 11.8 Å². The van der Waals surface area contributed by atoms with Crippen molar-refractivity contribution in [2.24, 2.45) is 5.92 Å². The minimum atomic E-state index is -0.405. The van der Waals surface area contributed by atoms with Crippen molar-refractivity contribution in [2.45, 2.75) is 13.0 Å². The fourth-order valence-electron chi connectivity index (χ4n) is 3.33. The molecule has 2 heterocycles. The molecule has 1 aromatic heterocycles. The number of likely N-dealkylation sites (tertiary alicyclic amines) is 1. The molecule has 1 fully saturated rings. The van der Waals surface area contributed by atoms with Crippen LogP contribution in [0.25, 0.3) is 0 Å². The summed E-state index contributed by atoms with van der Waals surface area (Å²) in [6, 6.07) is 22.9. The number of hydrazine groups is 1. The number of para-hydroxylation sites is 2. The summed E-state index contributed by atoms with van der Waals surface area (Å²) in [5.74, 6) is 0.0903. The third-order valence-electron chi connectivity index (χ3n) is 4.76. The largest absolute Gasteiger partial charge is 0.467 e. The van der Waals surface area contributed by atoms with Gasteiger partial charge < -0.3 is 9.32 Å². The van der Waals surface area contributed by atoms with Gasteiger partial charge in [0.1, 0.15) is 5.76 Å². The number of hydrogen-bond donors (Lipinski definition) is 1. The van der Waals surface area contributed by atoms with Crippen molar-refractivity contribution < 1.29 is 14.0 Å². The van der Waals surface area contributed by atoms with Gasteiger partial charge in [0.25, 0.3) is 0 Å². The number of carbonyl (C=O) groups excluding carboxylic acids is 2. The minimum absolute atomic E-state index is 0.0393. The molecule has 142 valence electrons. The van der Waals surface area contributed by atoms with Gasteiger partial charge in [-0.2, -0.15) is 0 Å². The summed E-state index contributed by atoms with van der Waals surface area (Å²) in [5, 5.41) is 1.75. The zero-order valence-corrected chi connectivity index (χ0v) is 15.3. The maximum Gasteiger partial charge on any atom is 0.244 e. The van der Waals surface area contributed by atoms with Gasteiger partial charge in [-0.3, -0.25) is 20.0 Å². The van der Waals surface area contributed by atoms with Crippen LogP contribution in [-0.4, -0.2) is 23.3 Å². The molecule has 6 nitrogen and oxygen atoms in total. The van der Waals surface area contributed by atoms with E-state index >= 15 is 0 Å². The summed E-state index contributed by atoms with van der Waals surface area (Å²) in [7, 11) is 0. The van der Waals surface area contributed by atoms with Gasteiger partial charge in [0.15, 0.2) is 0 Å². The van der Waals surface area contributed by atoms with Crippen LogP contribution in [0.2, 0.25) is 0 Å². The Balaban J connectivity index is 1.48. The van der Waals surface area contributed by atoms with Crippen LogP contribution in [0.1, 0.15) is 12.2 Å². The highest BCUT2D eigenvalue weighted by molar-refractivity contribution is 5.90. The molecule has 1 saturated heterocycles. The van der Waals surface area contributed by atoms with Gasteiger partial charge in [-0.15, -0.1) is 0 Å². The predicted molar refractivity (Wildman–Crippen MR) is 105 cm³/mol. The Labute approximate surface area is 163 Å². The number of carbonyl (C=O) groups is 2. The van der Waals surface area contributed by atoms with Crippen molar-refractivity contribution in [3.63, 3.8) is 0 Å². The van der Waals surface area contributed by atoms with Crippen molar-refractivity contribution in [1.82, 2.24) is 10.3 Å². The number of anilines is 2. The molecule has 1 N–H and O–H groups in total.